The van der Waals surface area contributed by atoms with Gasteiger partial charge in [0.15, 0.2) is 5.78 Å². The van der Waals surface area contributed by atoms with Gasteiger partial charge in [0.05, 0.1) is 5.56 Å². The topological polar surface area (TPSA) is 69.6 Å². The highest BCUT2D eigenvalue weighted by atomic mass is 16.3. The minimum Gasteiger partial charge on any atom is -0.396 e. The molecule has 1 aliphatic rings. The third-order valence-electron chi connectivity index (χ3n) is 4.00. The molecule has 6 nitrogen and oxygen atoms in total. The Morgan fingerprint density at radius 3 is 2.33 bits per heavy atom. The number of aliphatic hydroxyl groups excluding tert-OH is 1. The molecule has 1 aromatic heterocycles. The summed E-state index contributed by atoms with van der Waals surface area (Å²) in [7, 11) is 0. The summed E-state index contributed by atoms with van der Waals surface area (Å²) < 4.78 is 0. The molecule has 1 N–H and O–H groups in total. The normalized spacial score (nSPS) is 23.3. The maximum Gasteiger partial charge on any atom is 0.225 e. The Bertz CT molecular complexity index is 465. The number of nitrogens with zero attached hydrogens (tertiary/aromatic N) is 4. The van der Waals surface area contributed by atoms with E-state index < -0.39 is 0 Å². The number of Topliss-reactive ketones (excluding diaryl/α,β-unsaturated/α-hetero) is 1. The van der Waals surface area contributed by atoms with E-state index in [9.17, 15) is 4.79 Å². The second kappa shape index (κ2) is 6.95. The molecule has 0 amide bonds. The first kappa shape index (κ1) is 15.9. The molecule has 0 radical (unpaired) electrons. The van der Waals surface area contributed by atoms with Crippen molar-refractivity contribution in [2.24, 2.45) is 0 Å². The molecule has 21 heavy (non-hydrogen) atoms. The molecule has 0 aliphatic carbocycles. The summed E-state index contributed by atoms with van der Waals surface area (Å²) in [6.45, 7) is 8.74. The van der Waals surface area contributed by atoms with Crippen LogP contribution < -0.4 is 4.90 Å². The number of hydrogen-bond donors (Lipinski definition) is 1. The first-order valence-electron chi connectivity index (χ1n) is 7.47. The average Bonchev–Trinajstić information content (AvgIpc) is 2.46. The van der Waals surface area contributed by atoms with Crippen molar-refractivity contribution in [1.82, 2.24) is 14.9 Å². The van der Waals surface area contributed by atoms with Crippen LogP contribution in [0.4, 0.5) is 5.95 Å². The minimum atomic E-state index is -0.0166. The summed E-state index contributed by atoms with van der Waals surface area (Å²) in [4.78, 5) is 24.5. The molecule has 0 bridgehead atoms. The molecule has 2 rings (SSSR count). The van der Waals surface area contributed by atoms with Gasteiger partial charge < -0.3 is 10.0 Å². The molecule has 2 atom stereocenters. The van der Waals surface area contributed by atoms with Crippen LogP contribution in [0.3, 0.4) is 0 Å². The van der Waals surface area contributed by atoms with E-state index in [2.05, 4.69) is 33.6 Å². The molecule has 116 valence electrons. The summed E-state index contributed by atoms with van der Waals surface area (Å²) in [5.41, 5.74) is 0.543. The monoisotopic (exact) mass is 292 g/mol. The van der Waals surface area contributed by atoms with E-state index in [-0.39, 0.29) is 12.4 Å². The van der Waals surface area contributed by atoms with Crippen molar-refractivity contribution in [1.29, 1.82) is 0 Å². The van der Waals surface area contributed by atoms with Crippen LogP contribution in [0.1, 0.15) is 37.6 Å². The van der Waals surface area contributed by atoms with Crippen LogP contribution in [-0.4, -0.2) is 64.1 Å². The zero-order valence-corrected chi connectivity index (χ0v) is 13.0. The third kappa shape index (κ3) is 3.77. The second-order valence-corrected chi connectivity index (χ2v) is 5.75. The van der Waals surface area contributed by atoms with Gasteiger partial charge in [0.1, 0.15) is 0 Å². The fourth-order valence-corrected chi connectivity index (χ4v) is 2.88. The van der Waals surface area contributed by atoms with E-state index in [1.54, 1.807) is 12.4 Å². The van der Waals surface area contributed by atoms with Gasteiger partial charge in [-0.25, -0.2) is 9.97 Å². The maximum atomic E-state index is 11.3. The van der Waals surface area contributed by atoms with Crippen LogP contribution in [-0.2, 0) is 0 Å². The van der Waals surface area contributed by atoms with Gasteiger partial charge in [0, 0.05) is 50.7 Å². The number of piperazine rings is 1. The van der Waals surface area contributed by atoms with E-state index >= 15 is 0 Å². The molecule has 1 aliphatic heterocycles. The quantitative estimate of drug-likeness (QED) is 0.815. The number of aliphatic hydroxyl groups is 1. The molecule has 1 aromatic rings. The van der Waals surface area contributed by atoms with Crippen molar-refractivity contribution in [2.75, 3.05) is 31.1 Å². The van der Waals surface area contributed by atoms with Gasteiger partial charge in [-0.2, -0.15) is 0 Å². The Balaban J connectivity index is 2.04. The fraction of sp³-hybridized carbons (Fsp3) is 0.667. The number of rotatable bonds is 5. The summed E-state index contributed by atoms with van der Waals surface area (Å²) in [6, 6.07) is 0.771. The molecule has 6 heteroatoms. The number of aromatic nitrogens is 2. The van der Waals surface area contributed by atoms with Crippen molar-refractivity contribution in [2.45, 2.75) is 39.3 Å². The fourth-order valence-electron chi connectivity index (χ4n) is 2.88. The predicted octanol–water partition coefficient (Wildman–Crippen LogP) is 0.961. The highest BCUT2D eigenvalue weighted by Gasteiger charge is 2.30. The lowest BCUT2D eigenvalue weighted by atomic mass is 10.1. The number of carbonyl (C=O) groups excluding carboxylic acids is 1. The summed E-state index contributed by atoms with van der Waals surface area (Å²) in [6.07, 6.45) is 3.99. The van der Waals surface area contributed by atoms with Crippen molar-refractivity contribution >= 4 is 11.7 Å². The molecular weight excluding hydrogens is 268 g/mol. The number of anilines is 1. The Hall–Kier alpha value is -1.53. The van der Waals surface area contributed by atoms with E-state index in [0.717, 1.165) is 26.1 Å². The number of ketones is 1. The SMILES string of the molecule is CC(=O)c1cnc(N2C[C@@H](C)N(CCCO)[C@@H](C)C2)nc1. The summed E-state index contributed by atoms with van der Waals surface area (Å²) in [5, 5.41) is 8.99. The molecule has 2 heterocycles. The molecule has 1 fully saturated rings. The maximum absolute atomic E-state index is 11.3. The van der Waals surface area contributed by atoms with Crippen LogP contribution in [0.2, 0.25) is 0 Å². The third-order valence-corrected chi connectivity index (χ3v) is 4.00. The first-order valence-corrected chi connectivity index (χ1v) is 7.47. The van der Waals surface area contributed by atoms with Gasteiger partial charge in [0.25, 0.3) is 0 Å². The first-order chi connectivity index (χ1) is 10.0. The van der Waals surface area contributed by atoms with Gasteiger partial charge in [-0.1, -0.05) is 0 Å². The Labute approximate surface area is 125 Å². The summed E-state index contributed by atoms with van der Waals surface area (Å²) >= 11 is 0. The van der Waals surface area contributed by atoms with Crippen LogP contribution in [0.5, 0.6) is 0 Å². The van der Waals surface area contributed by atoms with Crippen LogP contribution in [0, 0.1) is 0 Å². The van der Waals surface area contributed by atoms with Gasteiger partial charge in [0.2, 0.25) is 5.95 Å². The Morgan fingerprint density at radius 1 is 1.29 bits per heavy atom. The molecule has 0 aromatic carbocycles. The lowest BCUT2D eigenvalue weighted by molar-refractivity contribution is 0.101. The van der Waals surface area contributed by atoms with E-state index in [4.69, 9.17) is 5.11 Å². The highest BCUT2D eigenvalue weighted by Crippen LogP contribution is 2.19. The van der Waals surface area contributed by atoms with Crippen molar-refractivity contribution in [3.63, 3.8) is 0 Å². The molecule has 1 saturated heterocycles. The highest BCUT2D eigenvalue weighted by molar-refractivity contribution is 5.93. The van der Waals surface area contributed by atoms with E-state index in [0.29, 0.717) is 23.6 Å². The van der Waals surface area contributed by atoms with Gasteiger partial charge in [-0.05, 0) is 27.2 Å². The van der Waals surface area contributed by atoms with Gasteiger partial charge >= 0.3 is 0 Å². The molecule has 0 spiro atoms. The van der Waals surface area contributed by atoms with E-state index in [1.165, 1.54) is 6.92 Å². The minimum absolute atomic E-state index is 0.0166. The Morgan fingerprint density at radius 2 is 1.86 bits per heavy atom. The lowest BCUT2D eigenvalue weighted by Gasteiger charge is -2.44. The molecule has 0 unspecified atom stereocenters. The van der Waals surface area contributed by atoms with Crippen LogP contribution >= 0.6 is 0 Å². The van der Waals surface area contributed by atoms with E-state index in [1.807, 2.05) is 0 Å². The zero-order chi connectivity index (χ0) is 15.4. The van der Waals surface area contributed by atoms with Crippen molar-refractivity contribution in [3.05, 3.63) is 18.0 Å². The smallest absolute Gasteiger partial charge is 0.225 e. The lowest BCUT2D eigenvalue weighted by Crippen LogP contribution is -2.57. The standard InChI is InChI=1S/C15H24N4O2/c1-11-9-18(10-12(2)19(11)5-4-6-20)15-16-7-14(8-17-15)13(3)21/h7-8,11-12,20H,4-6,9-10H2,1-3H3/t11-,12+. The summed E-state index contributed by atoms with van der Waals surface area (Å²) in [5.74, 6) is 0.664. The average molecular weight is 292 g/mol. The van der Waals surface area contributed by atoms with Gasteiger partial charge in [-0.3, -0.25) is 9.69 Å². The van der Waals surface area contributed by atoms with Crippen LogP contribution in [0.15, 0.2) is 12.4 Å². The van der Waals surface area contributed by atoms with Crippen LogP contribution in [0.25, 0.3) is 0 Å². The zero-order valence-electron chi connectivity index (χ0n) is 13.0. The largest absolute Gasteiger partial charge is 0.396 e. The number of hydrogen-bond acceptors (Lipinski definition) is 6. The molecular formula is C15H24N4O2. The van der Waals surface area contributed by atoms with Crippen molar-refractivity contribution < 1.29 is 9.90 Å². The van der Waals surface area contributed by atoms with Crippen molar-refractivity contribution in [3.8, 4) is 0 Å². The molecule has 0 saturated carbocycles. The van der Waals surface area contributed by atoms with Gasteiger partial charge in [-0.15, -0.1) is 0 Å². The predicted molar refractivity (Wildman–Crippen MR) is 81.6 cm³/mol. The number of carbonyl (C=O) groups is 1. The second-order valence-electron chi connectivity index (χ2n) is 5.75. The Kier molecular flexibility index (Phi) is 5.25.